The Balaban J connectivity index is 1.02. The molecule has 0 spiro atoms. The van der Waals surface area contributed by atoms with E-state index < -0.39 is 11.1 Å². The summed E-state index contributed by atoms with van der Waals surface area (Å²) in [4.78, 5) is 51.4. The van der Waals surface area contributed by atoms with Crippen molar-refractivity contribution in [1.82, 2.24) is 34.5 Å². The number of amides is 2. The van der Waals surface area contributed by atoms with Gasteiger partial charge in [0.25, 0.3) is 5.91 Å². The molecule has 10 rings (SSSR count). The highest BCUT2D eigenvalue weighted by Crippen LogP contribution is 2.69. The first kappa shape index (κ1) is 33.3. The second-order valence-corrected chi connectivity index (χ2v) is 16.1. The number of hydrogen-bond acceptors (Lipinski definition) is 8. The summed E-state index contributed by atoms with van der Waals surface area (Å²) in [5.74, 6) is 1.05. The molecule has 4 aromatic heterocycles. The van der Waals surface area contributed by atoms with Gasteiger partial charge in [-0.3, -0.25) is 24.1 Å². The Morgan fingerprint density at radius 1 is 1.06 bits per heavy atom. The highest BCUT2D eigenvalue weighted by atomic mass is 19.1. The lowest BCUT2D eigenvalue weighted by Crippen LogP contribution is -2.70. The molecule has 0 aromatic carbocycles. The van der Waals surface area contributed by atoms with Crippen molar-refractivity contribution in [2.24, 2.45) is 17.3 Å². The minimum atomic E-state index is -1.13. The molecule has 274 valence electrons. The molecule has 2 aliphatic heterocycles. The zero-order chi connectivity index (χ0) is 36.1. The van der Waals surface area contributed by atoms with E-state index in [9.17, 15) is 18.8 Å². The average Bonchev–Trinajstić information content (AvgIpc) is 3.80. The largest absolute Gasteiger partial charge is 0.482 e. The molecule has 6 fully saturated rings. The van der Waals surface area contributed by atoms with Gasteiger partial charge in [-0.15, -0.1) is 0 Å². The second kappa shape index (κ2) is 12.0. The number of nitrogens with zero attached hydrogens (tertiary/aromatic N) is 5. The maximum Gasteiger partial charge on any atom is 0.322 e. The molecule has 2 N–H and O–H groups in total. The van der Waals surface area contributed by atoms with Crippen LogP contribution < -0.4 is 15.4 Å². The first-order valence-corrected chi connectivity index (χ1v) is 18.7. The van der Waals surface area contributed by atoms with E-state index in [-0.39, 0.29) is 35.9 Å². The molecular formula is C39H46FN7O5. The van der Waals surface area contributed by atoms with Gasteiger partial charge in [0, 0.05) is 42.7 Å². The lowest BCUT2D eigenvalue weighted by Gasteiger charge is -2.64. The Labute approximate surface area is 301 Å². The van der Waals surface area contributed by atoms with Gasteiger partial charge in [0.1, 0.15) is 28.7 Å². The Morgan fingerprint density at radius 2 is 1.85 bits per heavy atom. The lowest BCUT2D eigenvalue weighted by atomic mass is 9.42. The van der Waals surface area contributed by atoms with Gasteiger partial charge in [-0.1, -0.05) is 0 Å². The number of piperidine rings is 2. The van der Waals surface area contributed by atoms with Gasteiger partial charge in [0.05, 0.1) is 42.8 Å². The van der Waals surface area contributed by atoms with E-state index in [0.29, 0.717) is 61.3 Å². The zero-order valence-electron chi connectivity index (χ0n) is 30.2. The summed E-state index contributed by atoms with van der Waals surface area (Å²) >= 11 is 0. The molecule has 52 heavy (non-hydrogen) atoms. The topological polar surface area (TPSA) is 132 Å². The van der Waals surface area contributed by atoms with Crippen LogP contribution in [0.1, 0.15) is 86.1 Å². The Bertz CT molecular complexity index is 2120. The van der Waals surface area contributed by atoms with Crippen molar-refractivity contribution in [1.29, 1.82) is 0 Å². The first-order valence-electron chi connectivity index (χ1n) is 18.7. The van der Waals surface area contributed by atoms with Crippen LogP contribution in [0, 0.1) is 24.2 Å². The number of rotatable bonds is 9. The molecule has 4 atom stereocenters. The van der Waals surface area contributed by atoms with Crippen LogP contribution in [-0.2, 0) is 20.9 Å². The van der Waals surface area contributed by atoms with E-state index >= 15 is 0 Å². The molecule has 6 aliphatic rings. The maximum absolute atomic E-state index is 14.1. The predicted octanol–water partition coefficient (Wildman–Crippen LogP) is 4.90. The molecular weight excluding hydrogens is 665 g/mol. The number of ether oxygens (including phenoxy) is 2. The third-order valence-corrected chi connectivity index (χ3v) is 12.5. The molecule has 4 saturated carbocycles. The fourth-order valence-electron chi connectivity index (χ4n) is 9.40. The number of pyridine rings is 2. The van der Waals surface area contributed by atoms with Crippen molar-refractivity contribution < 1.29 is 28.2 Å². The van der Waals surface area contributed by atoms with E-state index in [1.54, 1.807) is 13.2 Å². The number of halogens is 1. The first-order chi connectivity index (χ1) is 25.0. The number of aryl methyl sites for hydroxylation is 1. The van der Waals surface area contributed by atoms with E-state index in [0.717, 1.165) is 72.5 Å². The molecule has 4 aliphatic carbocycles. The minimum Gasteiger partial charge on any atom is -0.482 e. The van der Waals surface area contributed by atoms with Gasteiger partial charge >= 0.3 is 5.97 Å². The van der Waals surface area contributed by atoms with E-state index in [2.05, 4.69) is 21.3 Å². The smallest absolute Gasteiger partial charge is 0.322 e. The molecule has 2 bridgehead atoms. The number of hydrogen-bond donors (Lipinski definition) is 2. The summed E-state index contributed by atoms with van der Waals surface area (Å²) in [6.45, 7) is 5.91. The Hall–Kier alpha value is -4.52. The second-order valence-electron chi connectivity index (χ2n) is 16.1. The third-order valence-electron chi connectivity index (χ3n) is 12.5. The van der Waals surface area contributed by atoms with Crippen LogP contribution in [0.15, 0.2) is 30.3 Å². The summed E-state index contributed by atoms with van der Waals surface area (Å²) in [6.07, 6.45) is 5.84. The molecule has 2 unspecified atom stereocenters. The number of methoxy groups -OCH3 is 2. The molecule has 2 amide bonds. The van der Waals surface area contributed by atoms with Crippen LogP contribution in [-0.4, -0.2) is 86.7 Å². The van der Waals surface area contributed by atoms with Crippen molar-refractivity contribution in [3.63, 3.8) is 0 Å². The number of carbonyl (C=O) groups is 3. The van der Waals surface area contributed by atoms with Crippen molar-refractivity contribution in [3.8, 4) is 17.3 Å². The monoisotopic (exact) mass is 711 g/mol. The molecule has 13 heteroatoms. The number of alkyl halides is 1. The number of carbonyl (C=O) groups excluding carboxylic acids is 3. The van der Waals surface area contributed by atoms with Crippen LogP contribution in [0.2, 0.25) is 0 Å². The Morgan fingerprint density at radius 3 is 2.56 bits per heavy atom. The standard InChI is InChI=1S/C39H46FN7O5/c1-21(41-37(50)38-18-39(40,19-38)20-38)27-9-8-25-13-30(46(34(25)43-27)16-23-5-6-23)33-22(2)47-31(44-33)14-26(15-32(47)51-3)35(48)45-12-11-24-7-10-28(36(49)52-4)42-29(24)17-45/h8-9,13-15,21,23-24,28-29,42H,5-7,10-12,16-20H2,1-4H3,(H,41,50)/t21-,24-,28?,29?,38?,39?/m1/s1. The summed E-state index contributed by atoms with van der Waals surface area (Å²) in [6, 6.07) is 9.11. The van der Waals surface area contributed by atoms with Crippen molar-refractivity contribution in [2.45, 2.75) is 95.6 Å². The van der Waals surface area contributed by atoms with Gasteiger partial charge in [-0.25, -0.2) is 14.4 Å². The van der Waals surface area contributed by atoms with Crippen LogP contribution in [0.25, 0.3) is 28.1 Å². The molecule has 2 saturated heterocycles. The van der Waals surface area contributed by atoms with Gasteiger partial charge in [0.2, 0.25) is 5.91 Å². The van der Waals surface area contributed by atoms with Crippen LogP contribution in [0.4, 0.5) is 4.39 Å². The van der Waals surface area contributed by atoms with Gasteiger partial charge in [0.15, 0.2) is 5.88 Å². The minimum absolute atomic E-state index is 0.0279. The third kappa shape index (κ3) is 5.37. The quantitative estimate of drug-likeness (QED) is 0.235. The highest BCUT2D eigenvalue weighted by Gasteiger charge is 2.72. The van der Waals surface area contributed by atoms with E-state index in [4.69, 9.17) is 19.4 Å². The molecule has 6 heterocycles. The van der Waals surface area contributed by atoms with Crippen molar-refractivity contribution in [3.05, 3.63) is 47.3 Å². The summed E-state index contributed by atoms with van der Waals surface area (Å²) in [7, 11) is 3.01. The number of aromatic nitrogens is 4. The van der Waals surface area contributed by atoms with Crippen LogP contribution in [0.5, 0.6) is 5.88 Å². The number of nitrogens with one attached hydrogen (secondary N) is 2. The van der Waals surface area contributed by atoms with Gasteiger partial charge in [-0.2, -0.15) is 0 Å². The number of esters is 1. The van der Waals surface area contributed by atoms with E-state index in [1.807, 2.05) is 41.3 Å². The fourth-order valence-corrected chi connectivity index (χ4v) is 9.40. The maximum atomic E-state index is 14.1. The van der Waals surface area contributed by atoms with Crippen LogP contribution in [0.3, 0.4) is 0 Å². The van der Waals surface area contributed by atoms with Crippen molar-refractivity contribution in [2.75, 3.05) is 27.3 Å². The van der Waals surface area contributed by atoms with Crippen LogP contribution >= 0.6 is 0 Å². The highest BCUT2D eigenvalue weighted by molar-refractivity contribution is 5.96. The Kier molecular flexibility index (Phi) is 7.70. The lowest BCUT2D eigenvalue weighted by molar-refractivity contribution is -0.214. The van der Waals surface area contributed by atoms with Gasteiger partial charge < -0.3 is 24.3 Å². The zero-order valence-corrected chi connectivity index (χ0v) is 30.2. The summed E-state index contributed by atoms with van der Waals surface area (Å²) < 4.78 is 29.2. The van der Waals surface area contributed by atoms with E-state index in [1.165, 1.54) is 7.11 Å². The number of likely N-dealkylation sites (tertiary alicyclic amines) is 1. The fraction of sp³-hybridized carbons (Fsp3) is 0.564. The van der Waals surface area contributed by atoms with Crippen molar-refractivity contribution >= 4 is 34.5 Å². The predicted molar refractivity (Wildman–Crippen MR) is 191 cm³/mol. The SMILES string of the molecule is COC(=O)C1CC[C@@H]2CCN(C(=O)c3cc(OC)n4c(C)c(-c5cc6ccc([C@@H](C)NC(=O)C78CC(F)(C7)C8)nc6n5CC5CC5)nc4c3)CC2N1. The summed E-state index contributed by atoms with van der Waals surface area (Å²) in [5, 5.41) is 7.53. The number of fused-ring (bicyclic) bond motifs is 3. The molecule has 0 radical (unpaired) electrons. The van der Waals surface area contributed by atoms with Gasteiger partial charge in [-0.05, 0) is 101 Å². The molecule has 4 aromatic rings. The number of imidazole rings is 1. The summed E-state index contributed by atoms with van der Waals surface area (Å²) in [5.41, 5.74) is 3.65. The molecule has 12 nitrogen and oxygen atoms in total. The normalized spacial score (nSPS) is 28.5. The average molecular weight is 712 g/mol.